The van der Waals surface area contributed by atoms with E-state index < -0.39 is 16.1 Å². The van der Waals surface area contributed by atoms with Gasteiger partial charge in [-0.15, -0.1) is 0 Å². The number of hydrogen-bond donors (Lipinski definition) is 3. The third-order valence-electron chi connectivity index (χ3n) is 6.07. The number of benzene rings is 3. The van der Waals surface area contributed by atoms with Crippen molar-refractivity contribution in [2.75, 3.05) is 17.4 Å². The van der Waals surface area contributed by atoms with Crippen molar-refractivity contribution in [1.82, 2.24) is 4.90 Å². The van der Waals surface area contributed by atoms with Crippen LogP contribution >= 0.6 is 0 Å². The fourth-order valence-electron chi connectivity index (χ4n) is 4.37. The highest BCUT2D eigenvalue weighted by Gasteiger charge is 2.24. The van der Waals surface area contributed by atoms with Gasteiger partial charge in [0.05, 0.1) is 5.69 Å². The molecular formula is C25H29N5O4S. The summed E-state index contributed by atoms with van der Waals surface area (Å²) >= 11 is 0. The van der Waals surface area contributed by atoms with E-state index in [1.54, 1.807) is 12.1 Å². The monoisotopic (exact) mass is 495 g/mol. The summed E-state index contributed by atoms with van der Waals surface area (Å²) in [7, 11) is -4.19. The molecule has 1 heterocycles. The second-order valence-corrected chi connectivity index (χ2v) is 10.1. The quantitative estimate of drug-likeness (QED) is 0.340. The first-order valence-corrected chi connectivity index (χ1v) is 12.8. The second-order valence-electron chi connectivity index (χ2n) is 8.73. The lowest BCUT2D eigenvalue weighted by atomic mass is 10.0. The lowest BCUT2D eigenvalue weighted by molar-refractivity contribution is -0.115. The molecule has 0 saturated carbocycles. The summed E-state index contributed by atoms with van der Waals surface area (Å²) in [6, 6.07) is 18.5. The van der Waals surface area contributed by atoms with Crippen LogP contribution in [0.15, 0.2) is 60.7 Å². The Morgan fingerprint density at radius 2 is 1.71 bits per heavy atom. The molecule has 1 amide bonds. The summed E-state index contributed by atoms with van der Waals surface area (Å²) in [4.78, 5) is 14.1. The van der Waals surface area contributed by atoms with Crippen LogP contribution in [-0.4, -0.2) is 44.3 Å². The number of nitrogens with one attached hydrogen (secondary N) is 1. The van der Waals surface area contributed by atoms with Gasteiger partial charge in [-0.1, -0.05) is 24.3 Å². The van der Waals surface area contributed by atoms with Crippen LogP contribution in [0.1, 0.15) is 30.9 Å². The Hall–Kier alpha value is -3.47. The SMILES string of the molecule is CC(=O)N(c1ccc(OC2CCN(Cc3ccc4ccc(C(=N)N)cc4c3)CC2)cc1)S(N)(=O)=O. The van der Waals surface area contributed by atoms with Crippen molar-refractivity contribution in [3.8, 4) is 5.75 Å². The maximum Gasteiger partial charge on any atom is 0.305 e. The number of carbonyl (C=O) groups excluding carboxylic acids is 1. The summed E-state index contributed by atoms with van der Waals surface area (Å²) in [6.07, 6.45) is 1.77. The van der Waals surface area contributed by atoms with Crippen molar-refractivity contribution >= 4 is 38.4 Å². The number of fused-ring (bicyclic) bond motifs is 1. The van der Waals surface area contributed by atoms with Gasteiger partial charge in [-0.25, -0.2) is 5.14 Å². The molecule has 1 fully saturated rings. The second kappa shape index (κ2) is 10.0. The summed E-state index contributed by atoms with van der Waals surface area (Å²) in [5.74, 6) is -0.00483. The molecule has 10 heteroatoms. The van der Waals surface area contributed by atoms with Gasteiger partial charge in [0.2, 0.25) is 5.91 Å². The maximum absolute atomic E-state index is 11.7. The molecule has 0 radical (unpaired) electrons. The first kappa shape index (κ1) is 24.6. The molecule has 0 unspecified atom stereocenters. The molecule has 5 N–H and O–H groups in total. The Morgan fingerprint density at radius 1 is 1.06 bits per heavy atom. The average molecular weight is 496 g/mol. The lowest BCUT2D eigenvalue weighted by Gasteiger charge is -2.32. The molecule has 0 aliphatic carbocycles. The van der Waals surface area contributed by atoms with Gasteiger partial charge in [0.15, 0.2) is 0 Å². The van der Waals surface area contributed by atoms with Crippen molar-refractivity contribution < 1.29 is 17.9 Å². The van der Waals surface area contributed by atoms with E-state index in [0.717, 1.165) is 55.7 Å². The molecule has 1 aliphatic heterocycles. The maximum atomic E-state index is 11.7. The van der Waals surface area contributed by atoms with Gasteiger partial charge in [-0.3, -0.25) is 15.1 Å². The van der Waals surface area contributed by atoms with Crippen molar-refractivity contribution in [2.24, 2.45) is 10.9 Å². The molecule has 1 saturated heterocycles. The molecule has 0 spiro atoms. The highest BCUT2D eigenvalue weighted by molar-refractivity contribution is 7.91. The number of hydrogen-bond acceptors (Lipinski definition) is 6. The Morgan fingerprint density at radius 3 is 2.31 bits per heavy atom. The van der Waals surface area contributed by atoms with Crippen molar-refractivity contribution in [2.45, 2.75) is 32.4 Å². The standard InChI is InChI=1S/C25H29N5O4S/c1-17(31)30(35(28,32)33)22-6-8-23(9-7-22)34-24-10-12-29(13-11-24)16-18-2-3-19-4-5-20(25(26)27)15-21(19)14-18/h2-9,14-15,24H,10-13,16H2,1H3,(H3,26,27)(H2,28,32,33). The van der Waals surface area contributed by atoms with E-state index in [0.29, 0.717) is 10.1 Å². The molecule has 3 aromatic carbocycles. The van der Waals surface area contributed by atoms with E-state index in [2.05, 4.69) is 23.1 Å². The normalized spacial score (nSPS) is 15.1. The van der Waals surface area contributed by atoms with Gasteiger partial charge in [0.25, 0.3) is 0 Å². The molecular weight excluding hydrogens is 466 g/mol. The molecule has 3 aromatic rings. The fourth-order valence-corrected chi connectivity index (χ4v) is 5.14. The first-order valence-electron chi connectivity index (χ1n) is 11.3. The number of nitrogens with two attached hydrogens (primary N) is 2. The molecule has 9 nitrogen and oxygen atoms in total. The summed E-state index contributed by atoms with van der Waals surface area (Å²) < 4.78 is 30.0. The number of carbonyl (C=O) groups is 1. The topological polar surface area (TPSA) is 143 Å². The fraction of sp³-hybridized carbons (Fsp3) is 0.280. The smallest absolute Gasteiger partial charge is 0.305 e. The Labute approximate surface area is 205 Å². The number of ether oxygens (including phenoxy) is 1. The summed E-state index contributed by atoms with van der Waals surface area (Å²) in [6.45, 7) is 3.75. The number of likely N-dealkylation sites (tertiary alicyclic amines) is 1. The molecule has 0 atom stereocenters. The first-order chi connectivity index (χ1) is 16.6. The largest absolute Gasteiger partial charge is 0.490 e. The van der Waals surface area contributed by atoms with Crippen molar-refractivity contribution in [3.63, 3.8) is 0 Å². The van der Waals surface area contributed by atoms with E-state index in [1.807, 2.05) is 18.2 Å². The van der Waals surface area contributed by atoms with Gasteiger partial charge in [-0.2, -0.15) is 12.7 Å². The minimum Gasteiger partial charge on any atom is -0.490 e. The van der Waals surface area contributed by atoms with E-state index in [1.165, 1.54) is 17.7 Å². The number of nitrogen functional groups attached to an aromatic ring is 1. The van der Waals surface area contributed by atoms with Crippen molar-refractivity contribution in [1.29, 1.82) is 5.41 Å². The van der Waals surface area contributed by atoms with Crippen LogP contribution in [0.4, 0.5) is 5.69 Å². The molecule has 35 heavy (non-hydrogen) atoms. The van der Waals surface area contributed by atoms with Gasteiger partial charge in [-0.05, 0) is 65.6 Å². The number of anilines is 1. The number of nitrogens with zero attached hydrogens (tertiary/aromatic N) is 2. The van der Waals surface area contributed by atoms with Crippen LogP contribution in [-0.2, 0) is 21.5 Å². The third kappa shape index (κ3) is 5.97. The lowest BCUT2D eigenvalue weighted by Crippen LogP contribution is -2.40. The van der Waals surface area contributed by atoms with Gasteiger partial charge in [0.1, 0.15) is 17.7 Å². The predicted octanol–water partition coefficient (Wildman–Crippen LogP) is 2.72. The molecule has 0 aromatic heterocycles. The van der Waals surface area contributed by atoms with Crippen LogP contribution in [0, 0.1) is 5.41 Å². The number of amides is 1. The minimum atomic E-state index is -4.19. The van der Waals surface area contributed by atoms with E-state index in [-0.39, 0.29) is 17.6 Å². The van der Waals surface area contributed by atoms with Gasteiger partial charge >= 0.3 is 10.2 Å². The molecule has 0 bridgehead atoms. The van der Waals surface area contributed by atoms with Gasteiger partial charge in [0, 0.05) is 32.1 Å². The summed E-state index contributed by atoms with van der Waals surface area (Å²) in [5.41, 5.74) is 7.73. The molecule has 1 aliphatic rings. The van der Waals surface area contributed by atoms with Crippen LogP contribution in [0.25, 0.3) is 10.8 Å². The Kier molecular flexibility index (Phi) is 7.06. The highest BCUT2D eigenvalue weighted by atomic mass is 32.2. The Bertz CT molecular complexity index is 1350. The van der Waals surface area contributed by atoms with Gasteiger partial charge < -0.3 is 10.5 Å². The molecule has 4 rings (SSSR count). The van der Waals surface area contributed by atoms with Crippen LogP contribution < -0.4 is 19.9 Å². The van der Waals surface area contributed by atoms with Crippen LogP contribution in [0.3, 0.4) is 0 Å². The zero-order chi connectivity index (χ0) is 25.2. The van der Waals surface area contributed by atoms with E-state index in [9.17, 15) is 13.2 Å². The third-order valence-corrected chi connectivity index (χ3v) is 7.05. The van der Waals surface area contributed by atoms with Crippen LogP contribution in [0.2, 0.25) is 0 Å². The van der Waals surface area contributed by atoms with E-state index >= 15 is 0 Å². The van der Waals surface area contributed by atoms with Crippen molar-refractivity contribution in [3.05, 3.63) is 71.8 Å². The summed E-state index contributed by atoms with van der Waals surface area (Å²) in [5, 5.41) is 15.0. The number of amidine groups is 1. The number of piperidine rings is 1. The predicted molar refractivity (Wildman–Crippen MR) is 137 cm³/mol. The zero-order valence-electron chi connectivity index (χ0n) is 19.5. The highest BCUT2D eigenvalue weighted by Crippen LogP contribution is 2.25. The van der Waals surface area contributed by atoms with E-state index in [4.69, 9.17) is 21.0 Å². The Balaban J connectivity index is 1.33. The average Bonchev–Trinajstić information content (AvgIpc) is 2.80. The minimum absolute atomic E-state index is 0.0500. The zero-order valence-corrected chi connectivity index (χ0v) is 20.3. The van der Waals surface area contributed by atoms with Crippen LogP contribution in [0.5, 0.6) is 5.75 Å². The number of rotatable bonds is 7. The molecule has 184 valence electrons.